The summed E-state index contributed by atoms with van der Waals surface area (Å²) in [7, 11) is 0. The van der Waals surface area contributed by atoms with Gasteiger partial charge in [0, 0.05) is 0 Å². The Bertz CT molecular complexity index is 194. The van der Waals surface area contributed by atoms with Gasteiger partial charge in [0.1, 0.15) is 0 Å². The van der Waals surface area contributed by atoms with E-state index in [9.17, 15) is 0 Å². The van der Waals surface area contributed by atoms with Crippen molar-refractivity contribution in [2.75, 3.05) is 0 Å². The average molecular weight is 173 g/mol. The predicted octanol–water partition coefficient (Wildman–Crippen LogP) is -0.174. The van der Waals surface area contributed by atoms with Gasteiger partial charge in [0.25, 0.3) is 0 Å². The van der Waals surface area contributed by atoms with Gasteiger partial charge >= 0.3 is 51.4 Å². The minimum Gasteiger partial charge on any atom is -0.358 e. The Morgan fingerprint density at radius 1 is 1.27 bits per heavy atom. The molecule has 56 valence electrons. The van der Waals surface area contributed by atoms with Gasteiger partial charge in [0.2, 0.25) is 0 Å². The van der Waals surface area contributed by atoms with Crippen LogP contribution in [-0.4, -0.2) is 0 Å². The van der Waals surface area contributed by atoms with Gasteiger partial charge < -0.3 is 14.4 Å². The zero-order valence-corrected chi connectivity index (χ0v) is 10.8. The van der Waals surface area contributed by atoms with E-state index in [1.165, 1.54) is 11.1 Å². The van der Waals surface area contributed by atoms with E-state index in [4.69, 9.17) is 0 Å². The van der Waals surface area contributed by atoms with E-state index in [1.54, 1.807) is 0 Å². The summed E-state index contributed by atoms with van der Waals surface area (Å²) in [5.41, 5.74) is 2.69. The van der Waals surface area contributed by atoms with Crippen molar-refractivity contribution in [2.45, 2.75) is 13.3 Å². The van der Waals surface area contributed by atoms with Crippen LogP contribution in [0.4, 0.5) is 0 Å². The molecule has 0 saturated carbocycles. The van der Waals surface area contributed by atoms with Crippen molar-refractivity contribution in [3.63, 3.8) is 0 Å². The van der Waals surface area contributed by atoms with E-state index in [1.807, 2.05) is 6.07 Å². The number of hydrogen-bond acceptors (Lipinski definition) is 0. The fourth-order valence-electron chi connectivity index (χ4n) is 0.891. The van der Waals surface area contributed by atoms with Crippen LogP contribution in [0.1, 0.15) is 11.1 Å². The fraction of sp³-hybridized carbons (Fsp3) is 0.200. The maximum atomic E-state index is 3.82. The monoisotopic (exact) mass is 173 g/mol. The predicted molar refractivity (Wildman–Crippen MR) is 46.7 cm³/mol. The first-order valence-electron chi connectivity index (χ1n) is 3.18. The molecule has 0 spiro atoms. The van der Waals surface area contributed by atoms with Crippen molar-refractivity contribution in [1.82, 2.24) is 0 Å². The third kappa shape index (κ3) is 4.44. The average Bonchev–Trinajstić information content (AvgIpc) is 1.89. The van der Waals surface area contributed by atoms with Gasteiger partial charge in [0.05, 0.1) is 0 Å². The van der Waals surface area contributed by atoms with Gasteiger partial charge in [-0.3, -0.25) is 0 Å². The molecule has 0 bridgehead atoms. The van der Waals surface area contributed by atoms with Crippen LogP contribution in [0, 0.1) is 21.3 Å². The second kappa shape index (κ2) is 7.50. The first-order chi connectivity index (χ1) is 4.34. The topological polar surface area (TPSA) is 0 Å². The number of rotatable bonds is 1. The summed E-state index contributed by atoms with van der Waals surface area (Å²) in [6, 6.07) is 8.32. The van der Waals surface area contributed by atoms with Gasteiger partial charge in [-0.05, 0) is 6.92 Å². The van der Waals surface area contributed by atoms with Crippen LogP contribution in [0.15, 0.2) is 24.3 Å². The van der Waals surface area contributed by atoms with Gasteiger partial charge in [-0.15, -0.1) is 0 Å². The molecule has 0 aliphatic heterocycles. The van der Waals surface area contributed by atoms with Crippen LogP contribution in [0.2, 0.25) is 0 Å². The van der Waals surface area contributed by atoms with Crippen LogP contribution in [0.3, 0.4) is 0 Å². The zero-order valence-electron chi connectivity index (χ0n) is 7.72. The molecular formula is C10H14K-. The molecule has 0 N–H and O–H groups in total. The fourth-order valence-corrected chi connectivity index (χ4v) is 0.891. The minimum atomic E-state index is 0. The summed E-state index contributed by atoms with van der Waals surface area (Å²) < 4.78 is 0. The van der Waals surface area contributed by atoms with Crippen molar-refractivity contribution in [3.05, 3.63) is 49.7 Å². The summed E-state index contributed by atoms with van der Waals surface area (Å²) >= 11 is 0. The van der Waals surface area contributed by atoms with Crippen LogP contribution in [-0.2, 0) is 6.42 Å². The van der Waals surface area contributed by atoms with E-state index in [-0.39, 0.29) is 58.8 Å². The summed E-state index contributed by atoms with van der Waals surface area (Å²) in [4.78, 5) is 0. The molecule has 0 unspecified atom stereocenters. The van der Waals surface area contributed by atoms with E-state index < -0.39 is 0 Å². The first-order valence-corrected chi connectivity index (χ1v) is 3.18. The number of hydrogen-bond donors (Lipinski definition) is 0. The molecule has 0 heterocycles. The van der Waals surface area contributed by atoms with Crippen molar-refractivity contribution >= 4 is 0 Å². The minimum absolute atomic E-state index is 0. The second-order valence-electron chi connectivity index (χ2n) is 2.18. The number of benzene rings is 1. The van der Waals surface area contributed by atoms with Crippen LogP contribution in [0.5, 0.6) is 0 Å². The van der Waals surface area contributed by atoms with Crippen molar-refractivity contribution in [2.24, 2.45) is 0 Å². The van der Waals surface area contributed by atoms with Gasteiger partial charge in [-0.1, -0.05) is 35.4 Å². The van der Waals surface area contributed by atoms with Gasteiger partial charge in [-0.25, -0.2) is 0 Å². The SMILES string of the molecule is [CH2-]Cc1ccccc1C.[CH3-].[K+]. The molecule has 1 aromatic rings. The van der Waals surface area contributed by atoms with E-state index in [2.05, 4.69) is 32.0 Å². The Labute approximate surface area is 113 Å². The van der Waals surface area contributed by atoms with Gasteiger partial charge in [-0.2, -0.15) is 6.42 Å². The molecule has 0 aromatic heterocycles. The molecule has 0 atom stereocenters. The molecule has 1 rings (SSSR count). The zero-order chi connectivity index (χ0) is 6.69. The normalized spacial score (nSPS) is 7.82. The van der Waals surface area contributed by atoms with E-state index >= 15 is 0 Å². The van der Waals surface area contributed by atoms with Gasteiger partial charge in [0.15, 0.2) is 0 Å². The molecule has 1 aromatic carbocycles. The molecule has 0 amide bonds. The smallest absolute Gasteiger partial charge is 0.358 e. The molecular weight excluding hydrogens is 159 g/mol. The van der Waals surface area contributed by atoms with E-state index in [0.29, 0.717) is 0 Å². The molecule has 11 heavy (non-hydrogen) atoms. The van der Waals surface area contributed by atoms with E-state index in [0.717, 1.165) is 6.42 Å². The van der Waals surface area contributed by atoms with Crippen LogP contribution < -0.4 is 51.4 Å². The Morgan fingerprint density at radius 2 is 1.82 bits per heavy atom. The Morgan fingerprint density at radius 3 is 2.18 bits per heavy atom. The maximum Gasteiger partial charge on any atom is 1.00 e. The summed E-state index contributed by atoms with van der Waals surface area (Å²) in [5, 5.41) is 0. The molecule has 0 saturated heterocycles. The molecule has 0 fully saturated rings. The summed E-state index contributed by atoms with van der Waals surface area (Å²) in [5.74, 6) is 0. The second-order valence-corrected chi connectivity index (χ2v) is 2.18. The summed E-state index contributed by atoms with van der Waals surface area (Å²) in [6.07, 6.45) is 0.896. The Hall–Kier alpha value is 0.856. The largest absolute Gasteiger partial charge is 1.00 e. The molecule has 0 aliphatic rings. The first kappa shape index (κ1) is 14.4. The summed E-state index contributed by atoms with van der Waals surface area (Å²) in [6.45, 7) is 5.93. The molecule has 1 heteroatoms. The standard InChI is InChI=1S/C9H11.CH3.K/c1-3-9-7-5-4-6-8(9)2;;/h4-7H,1,3H2,2H3;1H3;/q2*-1;+1. The van der Waals surface area contributed by atoms with Crippen LogP contribution in [0.25, 0.3) is 0 Å². The van der Waals surface area contributed by atoms with Crippen molar-refractivity contribution in [1.29, 1.82) is 0 Å². The van der Waals surface area contributed by atoms with Crippen LogP contribution >= 0.6 is 0 Å². The quantitative estimate of drug-likeness (QED) is 0.408. The van der Waals surface area contributed by atoms with Crippen molar-refractivity contribution in [3.8, 4) is 0 Å². The third-order valence-corrected chi connectivity index (χ3v) is 1.53. The maximum absolute atomic E-state index is 3.82. The molecule has 0 aliphatic carbocycles. The Kier molecular flexibility index (Phi) is 9.81. The molecule has 0 radical (unpaired) electrons. The Balaban J connectivity index is 0. The molecule has 0 nitrogen and oxygen atoms in total. The van der Waals surface area contributed by atoms with Crippen molar-refractivity contribution < 1.29 is 51.4 Å². The number of aryl methyl sites for hydroxylation is 1. The third-order valence-electron chi connectivity index (χ3n) is 1.53.